The van der Waals surface area contributed by atoms with E-state index in [9.17, 15) is 9.59 Å². The summed E-state index contributed by atoms with van der Waals surface area (Å²) >= 11 is 0. The Labute approximate surface area is 115 Å². The van der Waals surface area contributed by atoms with Crippen molar-refractivity contribution in [2.24, 2.45) is 17.3 Å². The summed E-state index contributed by atoms with van der Waals surface area (Å²) < 4.78 is 16.7. The van der Waals surface area contributed by atoms with Crippen molar-refractivity contribution in [1.82, 2.24) is 0 Å². The Morgan fingerprint density at radius 2 is 2.10 bits per heavy atom. The summed E-state index contributed by atoms with van der Waals surface area (Å²) in [6.07, 6.45) is 2.17. The van der Waals surface area contributed by atoms with Crippen molar-refractivity contribution in [1.29, 1.82) is 0 Å². The van der Waals surface area contributed by atoms with E-state index in [-0.39, 0.29) is 53.6 Å². The van der Waals surface area contributed by atoms with Gasteiger partial charge in [-0.2, -0.15) is 0 Å². The van der Waals surface area contributed by atoms with E-state index in [1.54, 1.807) is 0 Å². The Kier molecular flexibility index (Phi) is 1.67. The van der Waals surface area contributed by atoms with Crippen LogP contribution in [0.3, 0.4) is 0 Å². The van der Waals surface area contributed by atoms with Crippen LogP contribution in [0.25, 0.3) is 0 Å². The first-order valence-electron chi connectivity index (χ1n) is 6.98. The van der Waals surface area contributed by atoms with Crippen molar-refractivity contribution < 1.29 is 23.8 Å². The molecule has 0 bridgehead atoms. The van der Waals surface area contributed by atoms with E-state index in [2.05, 4.69) is 13.5 Å². The van der Waals surface area contributed by atoms with E-state index in [0.717, 1.165) is 5.57 Å². The van der Waals surface area contributed by atoms with E-state index >= 15 is 0 Å². The van der Waals surface area contributed by atoms with Crippen LogP contribution in [-0.2, 0) is 23.8 Å². The Bertz CT molecular complexity index is 620. The van der Waals surface area contributed by atoms with Gasteiger partial charge in [0.05, 0.1) is 12.0 Å². The molecule has 5 heteroatoms. The van der Waals surface area contributed by atoms with Crippen molar-refractivity contribution in [3.63, 3.8) is 0 Å². The normalized spacial score (nSPS) is 54.5. The summed E-state index contributed by atoms with van der Waals surface area (Å²) in [4.78, 5) is 23.9. The third-order valence-electron chi connectivity index (χ3n) is 5.69. The van der Waals surface area contributed by atoms with E-state index in [0.29, 0.717) is 12.0 Å². The number of carbonyl (C=O) groups is 2. The molecule has 0 aromatic carbocycles. The SMILES string of the molecule is C=C1C(=O)O[C@@H]2C[C@@]3(C)[C@@H]4O[C@@H]4C=C4C(=O)O[C@@H]([C@H]12)[C@H]43. The van der Waals surface area contributed by atoms with Crippen LogP contribution in [0, 0.1) is 17.3 Å². The standard InChI is InChI=1S/C15H14O5/c1-5-9-8(19-13(5)16)4-15(2)10-6(3-7-12(15)18-7)14(17)20-11(9)10/h3,7-12H,1,4H2,2H3/t7-,8-,9-,10+,11+,12-,15-/m1/s1. The lowest BCUT2D eigenvalue weighted by Gasteiger charge is -2.46. The molecule has 1 saturated carbocycles. The third kappa shape index (κ3) is 1.03. The minimum absolute atomic E-state index is 0.00810. The molecule has 0 aromatic rings. The lowest BCUT2D eigenvalue weighted by Crippen LogP contribution is -2.52. The van der Waals surface area contributed by atoms with Gasteiger partial charge in [0, 0.05) is 22.5 Å². The maximum atomic E-state index is 12.1. The number of hydrogen-bond donors (Lipinski definition) is 0. The minimum atomic E-state index is -0.357. The van der Waals surface area contributed by atoms with Crippen molar-refractivity contribution in [3.8, 4) is 0 Å². The van der Waals surface area contributed by atoms with E-state index in [1.165, 1.54) is 0 Å². The number of rotatable bonds is 0. The Morgan fingerprint density at radius 3 is 2.90 bits per heavy atom. The zero-order valence-corrected chi connectivity index (χ0v) is 11.0. The van der Waals surface area contributed by atoms with Crippen LogP contribution >= 0.6 is 0 Å². The van der Waals surface area contributed by atoms with Gasteiger partial charge in [-0.05, 0) is 12.5 Å². The van der Waals surface area contributed by atoms with Crippen molar-refractivity contribution in [2.75, 3.05) is 0 Å². The second-order valence-electron chi connectivity index (χ2n) is 6.70. The predicted molar refractivity (Wildman–Crippen MR) is 65.3 cm³/mol. The molecule has 5 aliphatic rings. The highest BCUT2D eigenvalue weighted by atomic mass is 16.6. The first kappa shape index (κ1) is 11.1. The molecular formula is C15H14O5. The molecule has 0 aromatic heterocycles. The minimum Gasteiger partial charge on any atom is -0.458 e. The van der Waals surface area contributed by atoms with Gasteiger partial charge in [0.1, 0.15) is 18.3 Å². The molecular weight excluding hydrogens is 260 g/mol. The number of carbonyl (C=O) groups excluding carboxylic acids is 2. The molecule has 3 saturated heterocycles. The molecule has 0 radical (unpaired) electrons. The summed E-state index contributed by atoms with van der Waals surface area (Å²) in [5, 5.41) is 0. The second-order valence-corrected chi connectivity index (χ2v) is 6.70. The zero-order chi connectivity index (χ0) is 13.8. The van der Waals surface area contributed by atoms with Gasteiger partial charge in [0.15, 0.2) is 0 Å². The first-order chi connectivity index (χ1) is 9.50. The molecule has 4 fully saturated rings. The summed E-state index contributed by atoms with van der Waals surface area (Å²) in [5.41, 5.74) is 0.967. The largest absolute Gasteiger partial charge is 0.458 e. The topological polar surface area (TPSA) is 65.1 Å². The summed E-state index contributed by atoms with van der Waals surface area (Å²) in [6, 6.07) is 0. The highest BCUT2D eigenvalue weighted by molar-refractivity contribution is 5.95. The van der Waals surface area contributed by atoms with E-state index < -0.39 is 0 Å². The molecule has 0 N–H and O–H groups in total. The average molecular weight is 274 g/mol. The fraction of sp³-hybridized carbons (Fsp3) is 0.600. The molecule has 3 aliphatic heterocycles. The highest BCUT2D eigenvalue weighted by Crippen LogP contribution is 2.63. The average Bonchev–Trinajstić information content (AvgIpc) is 3.03. The Hall–Kier alpha value is -1.62. The van der Waals surface area contributed by atoms with Gasteiger partial charge in [-0.3, -0.25) is 0 Å². The van der Waals surface area contributed by atoms with Crippen LogP contribution in [0.5, 0.6) is 0 Å². The van der Waals surface area contributed by atoms with Gasteiger partial charge >= 0.3 is 11.9 Å². The number of fused-ring (bicyclic) bond motifs is 4. The number of esters is 2. The molecule has 20 heavy (non-hydrogen) atoms. The van der Waals surface area contributed by atoms with Gasteiger partial charge in [-0.15, -0.1) is 0 Å². The monoisotopic (exact) mass is 274 g/mol. The first-order valence-corrected chi connectivity index (χ1v) is 6.98. The van der Waals surface area contributed by atoms with Gasteiger partial charge in [0.25, 0.3) is 0 Å². The number of ether oxygens (including phenoxy) is 3. The quantitative estimate of drug-likeness (QED) is 0.370. The van der Waals surface area contributed by atoms with E-state index in [1.807, 2.05) is 6.08 Å². The molecule has 0 amide bonds. The van der Waals surface area contributed by atoms with Gasteiger partial charge in [-0.1, -0.05) is 13.5 Å². The highest BCUT2D eigenvalue weighted by Gasteiger charge is 2.70. The van der Waals surface area contributed by atoms with Crippen LogP contribution in [0.1, 0.15) is 13.3 Å². The molecule has 0 unspecified atom stereocenters. The van der Waals surface area contributed by atoms with Crippen LogP contribution < -0.4 is 0 Å². The lowest BCUT2D eigenvalue weighted by atomic mass is 9.56. The maximum Gasteiger partial charge on any atom is 0.334 e. The molecule has 5 rings (SSSR count). The van der Waals surface area contributed by atoms with Crippen molar-refractivity contribution in [2.45, 2.75) is 37.8 Å². The van der Waals surface area contributed by atoms with E-state index in [4.69, 9.17) is 14.2 Å². The Balaban J connectivity index is 1.68. The third-order valence-corrected chi connectivity index (χ3v) is 5.69. The maximum absolute atomic E-state index is 12.1. The molecule has 7 atom stereocenters. The van der Waals surface area contributed by atoms with Crippen LogP contribution in [0.15, 0.2) is 23.8 Å². The van der Waals surface area contributed by atoms with Crippen LogP contribution in [0.2, 0.25) is 0 Å². The molecule has 104 valence electrons. The van der Waals surface area contributed by atoms with Crippen molar-refractivity contribution >= 4 is 11.9 Å². The second kappa shape index (κ2) is 3.01. The molecule has 0 spiro atoms. The fourth-order valence-electron chi connectivity index (χ4n) is 4.78. The molecule has 2 aliphatic carbocycles. The van der Waals surface area contributed by atoms with Gasteiger partial charge in [0.2, 0.25) is 0 Å². The van der Waals surface area contributed by atoms with Gasteiger partial charge in [-0.25, -0.2) is 9.59 Å². The summed E-state index contributed by atoms with van der Waals surface area (Å²) in [7, 11) is 0. The fourth-order valence-corrected chi connectivity index (χ4v) is 4.78. The van der Waals surface area contributed by atoms with Crippen LogP contribution in [-0.4, -0.2) is 36.4 Å². The van der Waals surface area contributed by atoms with Crippen molar-refractivity contribution in [3.05, 3.63) is 23.8 Å². The summed E-state index contributed by atoms with van der Waals surface area (Å²) in [6.45, 7) is 5.95. The number of hydrogen-bond acceptors (Lipinski definition) is 5. The zero-order valence-electron chi connectivity index (χ0n) is 11.0. The predicted octanol–water partition coefficient (Wildman–Crippen LogP) is 0.743. The smallest absolute Gasteiger partial charge is 0.334 e. The van der Waals surface area contributed by atoms with Gasteiger partial charge < -0.3 is 14.2 Å². The molecule has 3 heterocycles. The molecule has 5 nitrogen and oxygen atoms in total. The summed E-state index contributed by atoms with van der Waals surface area (Å²) in [5.74, 6) is -0.839. The Morgan fingerprint density at radius 1 is 1.30 bits per heavy atom. The van der Waals surface area contributed by atoms with Crippen LogP contribution in [0.4, 0.5) is 0 Å². The number of epoxide rings is 1. The lowest BCUT2D eigenvalue weighted by molar-refractivity contribution is -0.150.